The first-order chi connectivity index (χ1) is 8.69. The molecule has 0 saturated heterocycles. The lowest BCUT2D eigenvalue weighted by atomic mass is 10.2. The van der Waals surface area contributed by atoms with Crippen LogP contribution in [-0.4, -0.2) is 38.8 Å². The van der Waals surface area contributed by atoms with Gasteiger partial charge in [0.15, 0.2) is 15.6 Å². The van der Waals surface area contributed by atoms with Gasteiger partial charge in [0.1, 0.15) is 16.2 Å². The topological polar surface area (TPSA) is 80.7 Å². The molecule has 1 rings (SSSR count). The van der Waals surface area contributed by atoms with Crippen molar-refractivity contribution in [2.75, 3.05) is 12.9 Å². The average molecular weight is 315 g/mol. The van der Waals surface area contributed by atoms with E-state index in [1.54, 1.807) is 0 Å². The van der Waals surface area contributed by atoms with Crippen molar-refractivity contribution in [1.82, 2.24) is 0 Å². The molecular weight excluding hydrogens is 306 g/mol. The first-order valence-corrected chi connectivity index (χ1v) is 6.83. The third kappa shape index (κ3) is 3.54. The molecule has 0 fully saturated rings. The van der Waals surface area contributed by atoms with Gasteiger partial charge in [-0.1, -0.05) is 11.6 Å². The van der Waals surface area contributed by atoms with E-state index in [1.807, 2.05) is 0 Å². The minimum atomic E-state index is -4.40. The van der Waals surface area contributed by atoms with E-state index in [0.717, 1.165) is 19.2 Å². The summed E-state index contributed by atoms with van der Waals surface area (Å²) < 4.78 is 52.7. The summed E-state index contributed by atoms with van der Waals surface area (Å²) in [5, 5.41) is 8.71. The van der Waals surface area contributed by atoms with E-state index in [1.165, 1.54) is 0 Å². The third-order valence-electron chi connectivity index (χ3n) is 2.13. The molecule has 1 aromatic carbocycles. The normalized spacial score (nSPS) is 11.6. The van der Waals surface area contributed by atoms with Gasteiger partial charge in [0.2, 0.25) is 0 Å². The van der Waals surface area contributed by atoms with Gasteiger partial charge in [0.25, 0.3) is 6.43 Å². The maximum Gasteiger partial charge on any atom is 0.339 e. The van der Waals surface area contributed by atoms with E-state index < -0.39 is 44.2 Å². The van der Waals surface area contributed by atoms with Crippen molar-refractivity contribution in [3.63, 3.8) is 0 Å². The van der Waals surface area contributed by atoms with E-state index in [4.69, 9.17) is 21.4 Å². The molecule has 106 valence electrons. The molecule has 1 N–H and O–H groups in total. The monoisotopic (exact) mass is 314 g/mol. The van der Waals surface area contributed by atoms with Crippen LogP contribution in [0.15, 0.2) is 17.0 Å². The number of halogens is 3. The lowest BCUT2D eigenvalue weighted by molar-refractivity contribution is 0.0692. The molecule has 0 aromatic heterocycles. The van der Waals surface area contributed by atoms with Gasteiger partial charge in [-0.05, 0) is 12.1 Å². The highest BCUT2D eigenvalue weighted by Crippen LogP contribution is 2.33. The Balaban J connectivity index is 3.55. The Morgan fingerprint density at radius 1 is 1.47 bits per heavy atom. The number of ether oxygens (including phenoxy) is 1. The number of carboxylic acid groups (broad SMARTS) is 1. The van der Waals surface area contributed by atoms with Gasteiger partial charge >= 0.3 is 5.97 Å². The summed E-state index contributed by atoms with van der Waals surface area (Å²) in [4.78, 5) is 10.3. The highest BCUT2D eigenvalue weighted by molar-refractivity contribution is 7.91. The highest BCUT2D eigenvalue weighted by atomic mass is 35.5. The summed E-state index contributed by atoms with van der Waals surface area (Å²) in [6.07, 6.45) is -3.10. The quantitative estimate of drug-likeness (QED) is 0.900. The lowest BCUT2D eigenvalue weighted by Crippen LogP contribution is -2.16. The van der Waals surface area contributed by atoms with Crippen LogP contribution < -0.4 is 4.74 Å². The molecule has 0 unspecified atom stereocenters. The Kier molecular flexibility index (Phi) is 4.70. The molecule has 0 aliphatic rings. The van der Waals surface area contributed by atoms with Gasteiger partial charge in [-0.25, -0.2) is 22.0 Å². The van der Waals surface area contributed by atoms with Crippen LogP contribution in [0, 0.1) is 0 Å². The van der Waals surface area contributed by atoms with Crippen LogP contribution in [0.1, 0.15) is 10.4 Å². The van der Waals surface area contributed by atoms with Crippen molar-refractivity contribution < 1.29 is 31.8 Å². The molecule has 19 heavy (non-hydrogen) atoms. The highest BCUT2D eigenvalue weighted by Gasteiger charge is 2.28. The van der Waals surface area contributed by atoms with Crippen LogP contribution in [-0.2, 0) is 9.84 Å². The SMILES string of the molecule is COc1c(C(=O)O)cc(Cl)cc1S(=O)(=O)CC(F)F. The Bertz CT molecular complexity index is 600. The van der Waals surface area contributed by atoms with Gasteiger partial charge < -0.3 is 9.84 Å². The number of carbonyl (C=O) groups is 1. The van der Waals surface area contributed by atoms with E-state index in [0.29, 0.717) is 0 Å². The van der Waals surface area contributed by atoms with Crippen LogP contribution in [0.3, 0.4) is 0 Å². The van der Waals surface area contributed by atoms with Gasteiger partial charge in [-0.3, -0.25) is 0 Å². The van der Waals surface area contributed by atoms with Crippen molar-refractivity contribution in [2.45, 2.75) is 11.3 Å². The van der Waals surface area contributed by atoms with Gasteiger partial charge in [0.05, 0.1) is 7.11 Å². The number of sulfone groups is 1. The number of alkyl halides is 2. The lowest BCUT2D eigenvalue weighted by Gasteiger charge is -2.12. The summed E-state index contributed by atoms with van der Waals surface area (Å²) in [6, 6.07) is 1.86. The summed E-state index contributed by atoms with van der Waals surface area (Å²) in [7, 11) is -3.36. The summed E-state index contributed by atoms with van der Waals surface area (Å²) in [5.41, 5.74) is -0.511. The van der Waals surface area contributed by atoms with Crippen molar-refractivity contribution in [1.29, 1.82) is 0 Å². The summed E-state index contributed by atoms with van der Waals surface area (Å²) in [5.74, 6) is -3.44. The first kappa shape index (κ1) is 15.6. The summed E-state index contributed by atoms with van der Waals surface area (Å²) >= 11 is 5.59. The fourth-order valence-electron chi connectivity index (χ4n) is 1.42. The standard InChI is InChI=1S/C10H9ClF2O5S/c1-18-9-6(10(14)15)2-5(11)3-7(9)19(16,17)4-8(12)13/h2-3,8H,4H2,1H3,(H,14,15). The molecule has 5 nitrogen and oxygen atoms in total. The predicted molar refractivity (Wildman–Crippen MR) is 63.0 cm³/mol. The summed E-state index contributed by atoms with van der Waals surface area (Å²) in [6.45, 7) is 0. The number of carboxylic acids is 1. The maximum atomic E-state index is 12.2. The Morgan fingerprint density at radius 3 is 2.47 bits per heavy atom. The Hall–Kier alpha value is -1.41. The van der Waals surface area contributed by atoms with E-state index in [-0.39, 0.29) is 5.02 Å². The van der Waals surface area contributed by atoms with Gasteiger partial charge in [-0.2, -0.15) is 0 Å². The van der Waals surface area contributed by atoms with Crippen LogP contribution in [0.4, 0.5) is 8.78 Å². The molecule has 0 aliphatic carbocycles. The minimum absolute atomic E-state index is 0.203. The molecule has 0 aliphatic heterocycles. The second-order valence-corrected chi connectivity index (χ2v) is 5.90. The van der Waals surface area contributed by atoms with E-state index in [2.05, 4.69) is 0 Å². The minimum Gasteiger partial charge on any atom is -0.494 e. The number of aromatic carboxylic acids is 1. The van der Waals surface area contributed by atoms with Crippen molar-refractivity contribution in [3.8, 4) is 5.75 Å². The average Bonchev–Trinajstić information content (AvgIpc) is 2.25. The number of rotatable bonds is 5. The van der Waals surface area contributed by atoms with Crippen molar-refractivity contribution in [2.24, 2.45) is 0 Å². The smallest absolute Gasteiger partial charge is 0.339 e. The number of hydrogen-bond acceptors (Lipinski definition) is 4. The molecule has 0 radical (unpaired) electrons. The maximum absolute atomic E-state index is 12.2. The number of hydrogen-bond donors (Lipinski definition) is 1. The van der Waals surface area contributed by atoms with Crippen LogP contribution in [0.5, 0.6) is 5.75 Å². The largest absolute Gasteiger partial charge is 0.494 e. The van der Waals surface area contributed by atoms with Gasteiger partial charge in [0, 0.05) is 5.02 Å². The molecule has 0 bridgehead atoms. The third-order valence-corrected chi connectivity index (χ3v) is 4.02. The fourth-order valence-corrected chi connectivity index (χ4v) is 3.00. The van der Waals surface area contributed by atoms with Crippen molar-refractivity contribution >= 4 is 27.4 Å². The predicted octanol–water partition coefficient (Wildman–Crippen LogP) is 2.09. The number of methoxy groups -OCH3 is 1. The Labute approximate surface area is 112 Å². The zero-order chi connectivity index (χ0) is 14.8. The van der Waals surface area contributed by atoms with Crippen molar-refractivity contribution in [3.05, 3.63) is 22.7 Å². The molecule has 1 aromatic rings. The van der Waals surface area contributed by atoms with E-state index >= 15 is 0 Å². The van der Waals surface area contributed by atoms with Gasteiger partial charge in [-0.15, -0.1) is 0 Å². The van der Waals surface area contributed by atoms with Crippen LogP contribution in [0.2, 0.25) is 5.02 Å². The Morgan fingerprint density at radius 2 is 2.05 bits per heavy atom. The molecule has 0 spiro atoms. The number of benzene rings is 1. The second-order valence-electron chi connectivity index (χ2n) is 3.46. The van der Waals surface area contributed by atoms with E-state index in [9.17, 15) is 22.0 Å². The zero-order valence-corrected chi connectivity index (χ0v) is 11.1. The molecule has 0 saturated carbocycles. The molecule has 0 atom stereocenters. The zero-order valence-electron chi connectivity index (χ0n) is 9.56. The van der Waals surface area contributed by atoms with Crippen LogP contribution in [0.25, 0.3) is 0 Å². The molecule has 0 heterocycles. The fraction of sp³-hybridized carbons (Fsp3) is 0.300. The molecular formula is C10H9ClF2O5S. The molecule has 9 heteroatoms. The second kappa shape index (κ2) is 5.70. The first-order valence-electron chi connectivity index (χ1n) is 4.80. The van der Waals surface area contributed by atoms with Crippen LogP contribution >= 0.6 is 11.6 Å². The molecule has 0 amide bonds.